The molecule has 1 rings (SSSR count). The van der Waals surface area contributed by atoms with Crippen LogP contribution in [0.3, 0.4) is 0 Å². The summed E-state index contributed by atoms with van der Waals surface area (Å²) in [4.78, 5) is 11.8. The number of carbonyl (C=O) groups is 1. The number of rotatable bonds is 5. The van der Waals surface area contributed by atoms with E-state index in [9.17, 15) is 18.0 Å². The van der Waals surface area contributed by atoms with E-state index in [-0.39, 0.29) is 29.5 Å². The zero-order valence-corrected chi connectivity index (χ0v) is 12.4. The van der Waals surface area contributed by atoms with Gasteiger partial charge < -0.3 is 10.1 Å². The van der Waals surface area contributed by atoms with Gasteiger partial charge in [-0.1, -0.05) is 15.9 Å². The highest BCUT2D eigenvalue weighted by Gasteiger charge is 2.42. The molecule has 0 aromatic heterocycles. The van der Waals surface area contributed by atoms with Gasteiger partial charge in [0.2, 0.25) is 5.91 Å². The van der Waals surface area contributed by atoms with Gasteiger partial charge in [0.05, 0.1) is 17.4 Å². The highest BCUT2D eigenvalue weighted by molar-refractivity contribution is 9.09. The maximum Gasteiger partial charge on any atom is 0.391 e. The largest absolute Gasteiger partial charge is 0.391 e. The number of methoxy groups -OCH3 is 1. The van der Waals surface area contributed by atoms with E-state index in [1.807, 2.05) is 0 Å². The van der Waals surface area contributed by atoms with Gasteiger partial charge in [0.25, 0.3) is 0 Å². The van der Waals surface area contributed by atoms with Gasteiger partial charge >= 0.3 is 6.18 Å². The predicted molar refractivity (Wildman–Crippen MR) is 69.1 cm³/mol. The first-order chi connectivity index (χ1) is 8.84. The van der Waals surface area contributed by atoms with Crippen molar-refractivity contribution in [3.8, 4) is 0 Å². The molecule has 1 aliphatic rings. The smallest absolute Gasteiger partial charge is 0.383 e. The van der Waals surface area contributed by atoms with Crippen LogP contribution in [0.5, 0.6) is 0 Å². The Kier molecular flexibility index (Phi) is 6.59. The van der Waals surface area contributed by atoms with Crippen molar-refractivity contribution >= 4 is 21.8 Å². The maximum absolute atomic E-state index is 12.5. The van der Waals surface area contributed by atoms with Gasteiger partial charge in [0, 0.05) is 19.6 Å². The van der Waals surface area contributed by atoms with Crippen molar-refractivity contribution in [2.24, 2.45) is 11.8 Å². The average molecular weight is 346 g/mol. The minimum atomic E-state index is -4.12. The number of carbonyl (C=O) groups excluding carboxylic acids is 1. The van der Waals surface area contributed by atoms with Gasteiger partial charge in [0.1, 0.15) is 0 Å². The molecule has 0 radical (unpaired) electrons. The summed E-state index contributed by atoms with van der Waals surface area (Å²) in [5, 5.41) is 2.74. The van der Waals surface area contributed by atoms with Crippen LogP contribution in [0.4, 0.5) is 13.2 Å². The molecule has 0 aromatic rings. The fraction of sp³-hybridized carbons (Fsp3) is 0.917. The molecule has 19 heavy (non-hydrogen) atoms. The molecule has 1 saturated carbocycles. The van der Waals surface area contributed by atoms with E-state index in [1.165, 1.54) is 0 Å². The van der Waals surface area contributed by atoms with Crippen LogP contribution in [0.25, 0.3) is 0 Å². The Bertz CT molecular complexity index is 291. The van der Waals surface area contributed by atoms with Crippen LogP contribution >= 0.6 is 15.9 Å². The van der Waals surface area contributed by atoms with E-state index >= 15 is 0 Å². The van der Waals surface area contributed by atoms with Crippen molar-refractivity contribution in [2.75, 3.05) is 20.3 Å². The minimum absolute atomic E-state index is 0.0213. The highest BCUT2D eigenvalue weighted by atomic mass is 79.9. The molecule has 112 valence electrons. The molecule has 0 heterocycles. The van der Waals surface area contributed by atoms with Crippen LogP contribution in [0.1, 0.15) is 25.7 Å². The van der Waals surface area contributed by atoms with Crippen molar-refractivity contribution in [3.05, 3.63) is 0 Å². The molecule has 1 amide bonds. The third kappa shape index (κ3) is 5.69. The standard InChI is InChI=1S/C12H19BrF3NO2/c1-19-7-10(13)6-17-11(18)8-2-4-9(5-3-8)12(14,15)16/h8-10H,2-7H2,1H3,(H,17,18). The van der Waals surface area contributed by atoms with Crippen molar-refractivity contribution in [1.82, 2.24) is 5.32 Å². The van der Waals surface area contributed by atoms with Crippen molar-refractivity contribution in [2.45, 2.75) is 36.7 Å². The fourth-order valence-electron chi connectivity index (χ4n) is 2.28. The lowest BCUT2D eigenvalue weighted by molar-refractivity contribution is -0.184. The summed E-state index contributed by atoms with van der Waals surface area (Å²) in [6.07, 6.45) is -3.39. The molecule has 1 aliphatic carbocycles. The molecular weight excluding hydrogens is 327 g/mol. The Balaban J connectivity index is 2.29. The lowest BCUT2D eigenvalue weighted by atomic mass is 9.81. The molecule has 0 bridgehead atoms. The summed E-state index contributed by atoms with van der Waals surface area (Å²) < 4.78 is 42.4. The Morgan fingerprint density at radius 1 is 1.37 bits per heavy atom. The number of hydrogen-bond acceptors (Lipinski definition) is 2. The molecule has 1 atom stereocenters. The third-order valence-corrected chi connectivity index (χ3v) is 3.99. The Morgan fingerprint density at radius 2 is 1.95 bits per heavy atom. The van der Waals surface area contributed by atoms with Crippen LogP contribution in [-0.4, -0.2) is 37.2 Å². The minimum Gasteiger partial charge on any atom is -0.383 e. The van der Waals surface area contributed by atoms with E-state index < -0.39 is 12.1 Å². The summed E-state index contributed by atoms with van der Waals surface area (Å²) in [5.41, 5.74) is 0. The van der Waals surface area contributed by atoms with Crippen molar-refractivity contribution in [3.63, 3.8) is 0 Å². The number of nitrogens with one attached hydrogen (secondary N) is 1. The fourth-order valence-corrected chi connectivity index (χ4v) is 2.70. The number of hydrogen-bond donors (Lipinski definition) is 1. The summed E-state index contributed by atoms with van der Waals surface area (Å²) in [6.45, 7) is 0.896. The lowest BCUT2D eigenvalue weighted by Crippen LogP contribution is -2.38. The molecule has 0 saturated heterocycles. The Hall–Kier alpha value is -0.300. The Morgan fingerprint density at radius 3 is 2.42 bits per heavy atom. The summed E-state index contributed by atoms with van der Waals surface area (Å²) in [7, 11) is 1.56. The second-order valence-electron chi connectivity index (χ2n) is 4.89. The van der Waals surface area contributed by atoms with Crippen LogP contribution < -0.4 is 5.32 Å². The zero-order chi connectivity index (χ0) is 14.5. The van der Waals surface area contributed by atoms with Crippen LogP contribution in [0, 0.1) is 11.8 Å². The summed E-state index contributed by atoms with van der Waals surface area (Å²) >= 11 is 3.34. The third-order valence-electron chi connectivity index (χ3n) is 3.41. The molecular formula is C12H19BrF3NO2. The van der Waals surface area contributed by atoms with E-state index in [1.54, 1.807) is 7.11 Å². The Labute approximate surface area is 119 Å². The van der Waals surface area contributed by atoms with Crippen LogP contribution in [0.2, 0.25) is 0 Å². The zero-order valence-electron chi connectivity index (χ0n) is 10.8. The van der Waals surface area contributed by atoms with Crippen molar-refractivity contribution < 1.29 is 22.7 Å². The molecule has 1 N–H and O–H groups in total. The molecule has 7 heteroatoms. The van der Waals surface area contributed by atoms with E-state index in [4.69, 9.17) is 4.74 Å². The van der Waals surface area contributed by atoms with Crippen LogP contribution in [-0.2, 0) is 9.53 Å². The topological polar surface area (TPSA) is 38.3 Å². The molecule has 1 fully saturated rings. The van der Waals surface area contributed by atoms with Gasteiger partial charge in [-0.05, 0) is 25.7 Å². The lowest BCUT2D eigenvalue weighted by Gasteiger charge is -2.29. The average Bonchev–Trinajstić information content (AvgIpc) is 2.35. The van der Waals surface area contributed by atoms with Gasteiger partial charge in [-0.25, -0.2) is 0 Å². The number of amides is 1. The predicted octanol–water partition coefficient (Wildman–Crippen LogP) is 2.88. The molecule has 3 nitrogen and oxygen atoms in total. The van der Waals surface area contributed by atoms with E-state index in [0.717, 1.165) is 0 Å². The number of alkyl halides is 4. The number of ether oxygens (including phenoxy) is 1. The van der Waals surface area contributed by atoms with E-state index in [2.05, 4.69) is 21.2 Å². The van der Waals surface area contributed by atoms with Crippen molar-refractivity contribution in [1.29, 1.82) is 0 Å². The first kappa shape index (κ1) is 16.8. The SMILES string of the molecule is COCC(Br)CNC(=O)C1CCC(C(F)(F)F)CC1. The van der Waals surface area contributed by atoms with Crippen LogP contribution in [0.15, 0.2) is 0 Å². The first-order valence-corrected chi connectivity index (χ1v) is 7.23. The monoisotopic (exact) mass is 345 g/mol. The second-order valence-corrected chi connectivity index (χ2v) is 6.18. The highest BCUT2D eigenvalue weighted by Crippen LogP contribution is 2.39. The summed E-state index contributed by atoms with van der Waals surface area (Å²) in [6, 6.07) is 0. The van der Waals surface area contributed by atoms with Gasteiger partial charge in [-0.15, -0.1) is 0 Å². The van der Waals surface area contributed by atoms with Gasteiger partial charge in [0.15, 0.2) is 0 Å². The molecule has 1 unspecified atom stereocenters. The normalized spacial score (nSPS) is 25.9. The summed E-state index contributed by atoms with van der Waals surface area (Å²) in [5.74, 6) is -1.68. The van der Waals surface area contributed by atoms with Gasteiger partial charge in [-0.2, -0.15) is 13.2 Å². The molecule has 0 aromatic carbocycles. The quantitative estimate of drug-likeness (QED) is 0.778. The molecule has 0 aliphatic heterocycles. The second kappa shape index (κ2) is 7.47. The number of halogens is 4. The molecule has 0 spiro atoms. The van der Waals surface area contributed by atoms with E-state index in [0.29, 0.717) is 26.0 Å². The van der Waals surface area contributed by atoms with Gasteiger partial charge in [-0.3, -0.25) is 4.79 Å². The maximum atomic E-state index is 12.5. The first-order valence-electron chi connectivity index (χ1n) is 6.32.